The molecule has 0 N–H and O–H groups in total. The van der Waals surface area contributed by atoms with E-state index in [1.54, 1.807) is 0 Å². The summed E-state index contributed by atoms with van der Waals surface area (Å²) in [5.41, 5.74) is 0.761. The first-order valence-electron chi connectivity index (χ1n) is 6.94. The van der Waals surface area contributed by atoms with Crippen LogP contribution in [0.15, 0.2) is 46.3 Å². The SMILES string of the molecule is O=C(c1ccccc1Br)N1CCS[C@H](c2cccs2)CC1. The topological polar surface area (TPSA) is 20.3 Å². The van der Waals surface area contributed by atoms with E-state index >= 15 is 0 Å². The minimum absolute atomic E-state index is 0.134. The summed E-state index contributed by atoms with van der Waals surface area (Å²) < 4.78 is 0.877. The van der Waals surface area contributed by atoms with Crippen molar-refractivity contribution in [2.45, 2.75) is 11.7 Å². The van der Waals surface area contributed by atoms with Crippen molar-refractivity contribution in [3.63, 3.8) is 0 Å². The fourth-order valence-electron chi connectivity index (χ4n) is 2.48. The highest BCUT2D eigenvalue weighted by Gasteiger charge is 2.24. The lowest BCUT2D eigenvalue weighted by atomic mass is 10.2. The van der Waals surface area contributed by atoms with E-state index in [9.17, 15) is 4.79 Å². The zero-order chi connectivity index (χ0) is 14.7. The molecule has 1 amide bonds. The molecule has 2 aromatic rings. The maximum Gasteiger partial charge on any atom is 0.255 e. The molecule has 0 spiro atoms. The number of hydrogen-bond donors (Lipinski definition) is 0. The average molecular weight is 382 g/mol. The van der Waals surface area contributed by atoms with Gasteiger partial charge in [0.2, 0.25) is 0 Å². The van der Waals surface area contributed by atoms with E-state index in [2.05, 4.69) is 33.4 Å². The van der Waals surface area contributed by atoms with Gasteiger partial charge < -0.3 is 4.90 Å². The molecule has 0 bridgehead atoms. The van der Waals surface area contributed by atoms with Crippen LogP contribution in [0.4, 0.5) is 0 Å². The number of amides is 1. The number of nitrogens with zero attached hydrogens (tertiary/aromatic N) is 1. The first kappa shape index (κ1) is 15.1. The van der Waals surface area contributed by atoms with Crippen LogP contribution in [-0.4, -0.2) is 29.6 Å². The van der Waals surface area contributed by atoms with Crippen LogP contribution in [0.5, 0.6) is 0 Å². The van der Waals surface area contributed by atoms with Crippen LogP contribution in [0.2, 0.25) is 0 Å². The number of halogens is 1. The number of thiophene rings is 1. The molecule has 110 valence electrons. The van der Waals surface area contributed by atoms with Gasteiger partial charge >= 0.3 is 0 Å². The second-order valence-corrected chi connectivity index (χ2v) is 8.08. The van der Waals surface area contributed by atoms with Crippen LogP contribution in [0.3, 0.4) is 0 Å². The van der Waals surface area contributed by atoms with Crippen molar-refractivity contribution >= 4 is 44.9 Å². The zero-order valence-electron chi connectivity index (χ0n) is 11.5. The van der Waals surface area contributed by atoms with Gasteiger partial charge in [0.15, 0.2) is 0 Å². The van der Waals surface area contributed by atoms with Gasteiger partial charge in [-0.25, -0.2) is 0 Å². The molecule has 0 radical (unpaired) electrons. The van der Waals surface area contributed by atoms with Crippen LogP contribution in [0.1, 0.15) is 26.9 Å². The first-order chi connectivity index (χ1) is 10.3. The molecule has 0 saturated carbocycles. The number of hydrogen-bond acceptors (Lipinski definition) is 3. The van der Waals surface area contributed by atoms with E-state index in [1.807, 2.05) is 52.3 Å². The smallest absolute Gasteiger partial charge is 0.255 e. The van der Waals surface area contributed by atoms with E-state index in [0.29, 0.717) is 5.25 Å². The fraction of sp³-hybridized carbons (Fsp3) is 0.312. The fourth-order valence-corrected chi connectivity index (χ4v) is 5.17. The minimum atomic E-state index is 0.134. The molecule has 1 aliphatic rings. The molecule has 1 aromatic heterocycles. The summed E-state index contributed by atoms with van der Waals surface area (Å²) in [5.74, 6) is 1.13. The molecule has 1 saturated heterocycles. The lowest BCUT2D eigenvalue weighted by Crippen LogP contribution is -2.33. The summed E-state index contributed by atoms with van der Waals surface area (Å²) in [6, 6.07) is 12.0. The number of rotatable bonds is 2. The van der Waals surface area contributed by atoms with E-state index in [1.165, 1.54) is 4.88 Å². The lowest BCUT2D eigenvalue weighted by Gasteiger charge is -2.20. The third kappa shape index (κ3) is 3.52. The van der Waals surface area contributed by atoms with Crippen LogP contribution in [-0.2, 0) is 0 Å². The van der Waals surface area contributed by atoms with Crippen LogP contribution < -0.4 is 0 Å². The van der Waals surface area contributed by atoms with Crippen LogP contribution in [0, 0.1) is 0 Å². The Morgan fingerprint density at radius 1 is 1.19 bits per heavy atom. The highest BCUT2D eigenvalue weighted by Crippen LogP contribution is 2.37. The zero-order valence-corrected chi connectivity index (χ0v) is 14.7. The van der Waals surface area contributed by atoms with Gasteiger partial charge in [0.05, 0.1) is 5.56 Å². The summed E-state index contributed by atoms with van der Waals surface area (Å²) in [6.45, 7) is 1.66. The highest BCUT2D eigenvalue weighted by atomic mass is 79.9. The monoisotopic (exact) mass is 381 g/mol. The predicted octanol–water partition coefficient (Wildman–Crippen LogP) is 4.83. The standard InChI is InChI=1S/C16H16BrNOS2/c17-13-5-2-1-4-12(13)16(19)18-8-7-15(21-11-9-18)14-6-3-10-20-14/h1-6,10,15H,7-9,11H2/t15-/m0/s1. The van der Waals surface area contributed by atoms with Gasteiger partial charge in [0, 0.05) is 33.4 Å². The third-order valence-electron chi connectivity index (χ3n) is 3.59. The molecule has 0 unspecified atom stereocenters. The first-order valence-corrected chi connectivity index (χ1v) is 9.66. The maximum atomic E-state index is 12.7. The summed E-state index contributed by atoms with van der Waals surface area (Å²) in [4.78, 5) is 16.1. The maximum absolute atomic E-state index is 12.7. The van der Waals surface area contributed by atoms with Gasteiger partial charge in [-0.3, -0.25) is 4.79 Å². The molecule has 21 heavy (non-hydrogen) atoms. The normalized spacial score (nSPS) is 19.3. The van der Waals surface area contributed by atoms with E-state index < -0.39 is 0 Å². The molecule has 1 atom stereocenters. The lowest BCUT2D eigenvalue weighted by molar-refractivity contribution is 0.0766. The minimum Gasteiger partial charge on any atom is -0.338 e. The van der Waals surface area contributed by atoms with Crippen molar-refractivity contribution in [2.75, 3.05) is 18.8 Å². The quantitative estimate of drug-likeness (QED) is 0.742. The second-order valence-electron chi connectivity index (χ2n) is 4.94. The van der Waals surface area contributed by atoms with E-state index in [-0.39, 0.29) is 5.91 Å². The Morgan fingerprint density at radius 2 is 2.05 bits per heavy atom. The Balaban J connectivity index is 1.70. The van der Waals surface area contributed by atoms with Gasteiger partial charge in [0.1, 0.15) is 0 Å². The van der Waals surface area contributed by atoms with E-state index in [4.69, 9.17) is 0 Å². The van der Waals surface area contributed by atoms with Gasteiger partial charge in [-0.1, -0.05) is 18.2 Å². The molecule has 1 fully saturated rings. The Hall–Kier alpha value is -0.780. The second kappa shape index (κ2) is 6.99. The van der Waals surface area contributed by atoms with Crippen molar-refractivity contribution in [1.29, 1.82) is 0 Å². The van der Waals surface area contributed by atoms with Crippen molar-refractivity contribution in [1.82, 2.24) is 4.90 Å². The van der Waals surface area contributed by atoms with E-state index in [0.717, 1.165) is 35.3 Å². The van der Waals surface area contributed by atoms with Gasteiger partial charge in [-0.15, -0.1) is 11.3 Å². The molecule has 0 aliphatic carbocycles. The Morgan fingerprint density at radius 3 is 2.81 bits per heavy atom. The largest absolute Gasteiger partial charge is 0.338 e. The molecule has 1 aromatic carbocycles. The Bertz CT molecular complexity index is 614. The van der Waals surface area contributed by atoms with Crippen molar-refractivity contribution in [3.05, 3.63) is 56.7 Å². The summed E-state index contributed by atoms with van der Waals surface area (Å²) in [7, 11) is 0. The molecule has 3 rings (SSSR count). The predicted molar refractivity (Wildman–Crippen MR) is 94.2 cm³/mol. The third-order valence-corrected chi connectivity index (χ3v) is 6.73. The molecular formula is C16H16BrNOS2. The number of thioether (sulfide) groups is 1. The van der Waals surface area contributed by atoms with Gasteiger partial charge in [-0.2, -0.15) is 11.8 Å². The highest BCUT2D eigenvalue weighted by molar-refractivity contribution is 9.10. The van der Waals surface area contributed by atoms with Gasteiger partial charge in [-0.05, 0) is 45.9 Å². The summed E-state index contributed by atoms with van der Waals surface area (Å²) in [6.07, 6.45) is 1.03. The average Bonchev–Trinajstić information content (AvgIpc) is 2.92. The van der Waals surface area contributed by atoms with Crippen molar-refractivity contribution < 1.29 is 4.79 Å². The molecule has 1 aliphatic heterocycles. The van der Waals surface area contributed by atoms with Crippen molar-refractivity contribution in [2.24, 2.45) is 0 Å². The summed E-state index contributed by atoms with van der Waals surface area (Å²) >= 11 is 7.26. The Kier molecular flexibility index (Phi) is 5.03. The number of carbonyl (C=O) groups is 1. The molecular weight excluding hydrogens is 366 g/mol. The van der Waals surface area contributed by atoms with Gasteiger partial charge in [0.25, 0.3) is 5.91 Å². The molecule has 5 heteroatoms. The van der Waals surface area contributed by atoms with Crippen LogP contribution >= 0.6 is 39.0 Å². The van der Waals surface area contributed by atoms with Crippen LogP contribution in [0.25, 0.3) is 0 Å². The molecule has 2 heterocycles. The number of benzene rings is 1. The molecule has 2 nitrogen and oxygen atoms in total. The number of carbonyl (C=O) groups excluding carboxylic acids is 1. The summed E-state index contributed by atoms with van der Waals surface area (Å²) in [5, 5.41) is 2.66. The Labute approximate surface area is 141 Å². The van der Waals surface area contributed by atoms with Crippen molar-refractivity contribution in [3.8, 4) is 0 Å².